The van der Waals surface area contributed by atoms with Gasteiger partial charge in [-0.25, -0.2) is 4.98 Å². The highest BCUT2D eigenvalue weighted by Gasteiger charge is 2.06. The maximum Gasteiger partial charge on any atom is 0.108 e. The highest BCUT2D eigenvalue weighted by molar-refractivity contribution is 4.91. The lowest BCUT2D eigenvalue weighted by atomic mass is 10.0. The zero-order chi connectivity index (χ0) is 13.2. The van der Waals surface area contributed by atoms with Gasteiger partial charge in [0.2, 0.25) is 0 Å². The van der Waals surface area contributed by atoms with E-state index in [-0.39, 0.29) is 6.10 Å². The maximum absolute atomic E-state index is 9.90. The maximum atomic E-state index is 9.90. The predicted octanol–water partition coefficient (Wildman–Crippen LogP) is 3.46. The second-order valence-corrected chi connectivity index (χ2v) is 5.20. The van der Waals surface area contributed by atoms with Crippen LogP contribution in [0.4, 0.5) is 0 Å². The van der Waals surface area contributed by atoms with E-state index in [9.17, 15) is 5.11 Å². The largest absolute Gasteiger partial charge is 0.393 e. The molecule has 3 heteroatoms. The van der Waals surface area contributed by atoms with Gasteiger partial charge in [0.25, 0.3) is 0 Å². The van der Waals surface area contributed by atoms with Crippen molar-refractivity contribution in [2.45, 2.75) is 70.8 Å². The van der Waals surface area contributed by atoms with E-state index < -0.39 is 0 Å². The van der Waals surface area contributed by atoms with Crippen molar-refractivity contribution in [1.29, 1.82) is 0 Å². The Hall–Kier alpha value is -0.830. The summed E-state index contributed by atoms with van der Waals surface area (Å²) in [6, 6.07) is 0. The van der Waals surface area contributed by atoms with E-state index in [4.69, 9.17) is 0 Å². The Morgan fingerprint density at radius 2 is 1.89 bits per heavy atom. The molecule has 0 aliphatic rings. The second-order valence-electron chi connectivity index (χ2n) is 5.20. The molecule has 3 nitrogen and oxygen atoms in total. The summed E-state index contributed by atoms with van der Waals surface area (Å²) in [4.78, 5) is 4.27. The molecule has 0 saturated heterocycles. The molecule has 0 radical (unpaired) electrons. The summed E-state index contributed by atoms with van der Waals surface area (Å²) in [6.45, 7) is 2.24. The van der Waals surface area contributed by atoms with E-state index in [2.05, 4.69) is 11.9 Å². The minimum atomic E-state index is -0.159. The molecule has 1 unspecified atom stereocenters. The first-order valence-electron chi connectivity index (χ1n) is 7.38. The average molecular weight is 252 g/mol. The number of hydrogen-bond donors (Lipinski definition) is 1. The third-order valence-electron chi connectivity index (χ3n) is 3.51. The van der Waals surface area contributed by atoms with Crippen molar-refractivity contribution in [3.63, 3.8) is 0 Å². The van der Waals surface area contributed by atoms with Crippen LogP contribution in [0.2, 0.25) is 0 Å². The van der Waals surface area contributed by atoms with Crippen molar-refractivity contribution >= 4 is 0 Å². The lowest BCUT2D eigenvalue weighted by molar-refractivity contribution is 0.150. The molecule has 1 atom stereocenters. The van der Waals surface area contributed by atoms with E-state index in [1.807, 2.05) is 24.0 Å². The molecule has 18 heavy (non-hydrogen) atoms. The van der Waals surface area contributed by atoms with Crippen molar-refractivity contribution in [2.24, 2.45) is 7.05 Å². The molecule has 1 N–H and O–H groups in total. The summed E-state index contributed by atoms with van der Waals surface area (Å²) in [5.74, 6) is 1.07. The molecule has 0 amide bonds. The molecule has 104 valence electrons. The number of aryl methyl sites for hydroxylation is 2. The Morgan fingerprint density at radius 3 is 2.56 bits per heavy atom. The van der Waals surface area contributed by atoms with Gasteiger partial charge in [0, 0.05) is 25.9 Å². The molecule has 0 aliphatic carbocycles. The number of rotatable bonds is 10. The van der Waals surface area contributed by atoms with Gasteiger partial charge in [0.15, 0.2) is 0 Å². The second kappa shape index (κ2) is 9.15. The highest BCUT2D eigenvalue weighted by Crippen LogP contribution is 2.11. The number of aliphatic hydroxyl groups excluding tert-OH is 1. The number of hydrogen-bond acceptors (Lipinski definition) is 2. The molecule has 1 rings (SSSR count). The van der Waals surface area contributed by atoms with E-state index in [1.54, 1.807) is 0 Å². The normalized spacial score (nSPS) is 12.8. The molecule has 0 saturated carbocycles. The molecule has 1 heterocycles. The van der Waals surface area contributed by atoms with Gasteiger partial charge in [0.1, 0.15) is 5.82 Å². The van der Waals surface area contributed by atoms with Crippen molar-refractivity contribution < 1.29 is 5.11 Å². The Balaban J connectivity index is 2.00. The summed E-state index contributed by atoms with van der Waals surface area (Å²) < 4.78 is 2.03. The van der Waals surface area contributed by atoms with Gasteiger partial charge >= 0.3 is 0 Å². The van der Waals surface area contributed by atoms with Crippen molar-refractivity contribution in [3.05, 3.63) is 18.2 Å². The predicted molar refractivity (Wildman–Crippen MR) is 75.5 cm³/mol. The molecule has 0 aromatic carbocycles. The van der Waals surface area contributed by atoms with Crippen molar-refractivity contribution in [2.75, 3.05) is 0 Å². The minimum absolute atomic E-state index is 0.159. The Kier molecular flexibility index (Phi) is 7.74. The van der Waals surface area contributed by atoms with E-state index in [1.165, 1.54) is 32.1 Å². The standard InChI is InChI=1S/C15H28N2O/c1-3-4-5-6-7-8-9-14(18)10-11-15-16-12-13-17(15)2/h12-14,18H,3-11H2,1-2H3. The third kappa shape index (κ3) is 6.20. The number of unbranched alkanes of at least 4 members (excludes halogenated alkanes) is 5. The highest BCUT2D eigenvalue weighted by atomic mass is 16.3. The molecule has 0 aliphatic heterocycles. The zero-order valence-corrected chi connectivity index (χ0v) is 11.9. The van der Waals surface area contributed by atoms with Crippen LogP contribution < -0.4 is 0 Å². The molecule has 0 bridgehead atoms. The van der Waals surface area contributed by atoms with Crippen LogP contribution in [0.5, 0.6) is 0 Å². The number of imidazole rings is 1. The van der Waals surface area contributed by atoms with Gasteiger partial charge in [-0.2, -0.15) is 0 Å². The van der Waals surface area contributed by atoms with Crippen LogP contribution in [0.15, 0.2) is 12.4 Å². The van der Waals surface area contributed by atoms with Gasteiger partial charge in [-0.3, -0.25) is 0 Å². The molecule has 0 fully saturated rings. The lowest BCUT2D eigenvalue weighted by Crippen LogP contribution is -2.09. The number of nitrogens with zero attached hydrogens (tertiary/aromatic N) is 2. The van der Waals surface area contributed by atoms with Gasteiger partial charge in [-0.1, -0.05) is 45.4 Å². The summed E-state index contributed by atoms with van der Waals surface area (Å²) in [7, 11) is 2.00. The van der Waals surface area contributed by atoms with Crippen LogP contribution in [0.25, 0.3) is 0 Å². The molecular weight excluding hydrogens is 224 g/mol. The first-order chi connectivity index (χ1) is 8.74. The summed E-state index contributed by atoms with van der Waals surface area (Å²) in [6.07, 6.45) is 14.0. The lowest BCUT2D eigenvalue weighted by Gasteiger charge is -2.10. The molecular formula is C15H28N2O. The number of aliphatic hydroxyl groups is 1. The van der Waals surface area contributed by atoms with Gasteiger partial charge in [-0.05, 0) is 12.8 Å². The van der Waals surface area contributed by atoms with Gasteiger partial charge in [0.05, 0.1) is 6.10 Å². The van der Waals surface area contributed by atoms with Crippen LogP contribution in [-0.2, 0) is 13.5 Å². The Morgan fingerprint density at radius 1 is 1.17 bits per heavy atom. The minimum Gasteiger partial charge on any atom is -0.393 e. The summed E-state index contributed by atoms with van der Waals surface area (Å²) in [5.41, 5.74) is 0. The van der Waals surface area contributed by atoms with Crippen LogP contribution in [-0.4, -0.2) is 20.8 Å². The van der Waals surface area contributed by atoms with E-state index >= 15 is 0 Å². The Labute approximate surface area is 111 Å². The SMILES string of the molecule is CCCCCCCCC(O)CCc1nccn1C. The van der Waals surface area contributed by atoms with Crippen LogP contribution in [0.1, 0.15) is 64.1 Å². The number of aromatic nitrogens is 2. The first kappa shape index (κ1) is 15.2. The fourth-order valence-corrected chi connectivity index (χ4v) is 2.24. The average Bonchev–Trinajstić information content (AvgIpc) is 2.77. The molecule has 0 spiro atoms. The smallest absolute Gasteiger partial charge is 0.108 e. The monoisotopic (exact) mass is 252 g/mol. The van der Waals surface area contributed by atoms with Crippen molar-refractivity contribution in [3.8, 4) is 0 Å². The molecule has 1 aromatic rings. The van der Waals surface area contributed by atoms with Crippen LogP contribution >= 0.6 is 0 Å². The first-order valence-corrected chi connectivity index (χ1v) is 7.38. The van der Waals surface area contributed by atoms with E-state index in [0.29, 0.717) is 0 Å². The van der Waals surface area contributed by atoms with Gasteiger partial charge in [-0.15, -0.1) is 0 Å². The molecule has 1 aromatic heterocycles. The summed E-state index contributed by atoms with van der Waals surface area (Å²) >= 11 is 0. The van der Waals surface area contributed by atoms with Crippen LogP contribution in [0, 0.1) is 0 Å². The fourth-order valence-electron chi connectivity index (χ4n) is 2.24. The Bertz CT molecular complexity index is 309. The van der Waals surface area contributed by atoms with Crippen molar-refractivity contribution in [1.82, 2.24) is 9.55 Å². The van der Waals surface area contributed by atoms with E-state index in [0.717, 1.165) is 31.5 Å². The fraction of sp³-hybridized carbons (Fsp3) is 0.800. The van der Waals surface area contributed by atoms with Crippen LogP contribution in [0.3, 0.4) is 0 Å². The topological polar surface area (TPSA) is 38.1 Å². The summed E-state index contributed by atoms with van der Waals surface area (Å²) in [5, 5.41) is 9.90. The quantitative estimate of drug-likeness (QED) is 0.648. The van der Waals surface area contributed by atoms with Gasteiger partial charge < -0.3 is 9.67 Å². The zero-order valence-electron chi connectivity index (χ0n) is 11.9. The third-order valence-corrected chi connectivity index (χ3v) is 3.51.